The maximum atomic E-state index is 12.5. The van der Waals surface area contributed by atoms with Gasteiger partial charge in [-0.25, -0.2) is 8.42 Å². The first-order valence-electron chi connectivity index (χ1n) is 8.83. The molecule has 6 nitrogen and oxygen atoms in total. The van der Waals surface area contributed by atoms with Crippen molar-refractivity contribution in [3.8, 4) is 0 Å². The Morgan fingerprint density at radius 1 is 1.11 bits per heavy atom. The molecule has 1 aliphatic rings. The van der Waals surface area contributed by atoms with Crippen LogP contribution in [0.1, 0.15) is 30.6 Å². The lowest BCUT2D eigenvalue weighted by molar-refractivity contribution is -0.111. The highest BCUT2D eigenvalue weighted by molar-refractivity contribution is 9.11. The Kier molecular flexibility index (Phi) is 7.03. The molecule has 1 aromatic carbocycles. The summed E-state index contributed by atoms with van der Waals surface area (Å²) < 4.78 is 28.6. The zero-order valence-corrected chi connectivity index (χ0v) is 18.2. The van der Waals surface area contributed by atoms with Crippen LogP contribution in [0, 0.1) is 0 Å². The van der Waals surface area contributed by atoms with Crippen LogP contribution in [0.5, 0.6) is 0 Å². The van der Waals surface area contributed by atoms with Gasteiger partial charge in [-0.2, -0.15) is 0 Å². The van der Waals surface area contributed by atoms with Gasteiger partial charge in [-0.05, 0) is 71.2 Å². The average molecular weight is 482 g/mol. The number of hydrogen-bond acceptors (Lipinski definition) is 5. The molecule has 0 atom stereocenters. The van der Waals surface area contributed by atoms with Crippen molar-refractivity contribution in [1.29, 1.82) is 0 Å². The summed E-state index contributed by atoms with van der Waals surface area (Å²) in [5, 5.41) is 2.72. The quantitative estimate of drug-likeness (QED) is 0.619. The first-order chi connectivity index (χ1) is 13.4. The van der Waals surface area contributed by atoms with E-state index in [2.05, 4.69) is 31.0 Å². The molecule has 0 aliphatic carbocycles. The van der Waals surface area contributed by atoms with E-state index in [1.165, 1.54) is 29.5 Å². The van der Waals surface area contributed by atoms with E-state index >= 15 is 0 Å². The number of benzene rings is 1. The molecule has 2 heterocycles. The number of sulfonamides is 1. The van der Waals surface area contributed by atoms with Gasteiger partial charge in [0, 0.05) is 29.6 Å². The van der Waals surface area contributed by atoms with Crippen LogP contribution >= 0.6 is 27.3 Å². The topological polar surface area (TPSA) is 87.6 Å². The van der Waals surface area contributed by atoms with E-state index in [0.717, 1.165) is 27.9 Å². The minimum atomic E-state index is -3.68. The van der Waals surface area contributed by atoms with Gasteiger partial charge in [0.25, 0.3) is 10.0 Å². The fourth-order valence-electron chi connectivity index (χ4n) is 2.65. The monoisotopic (exact) mass is 481 g/mol. The number of carbonyl (C=O) groups is 1. The zero-order chi connectivity index (χ0) is 20.0. The molecule has 3 rings (SSSR count). The van der Waals surface area contributed by atoms with Crippen LogP contribution in [0.25, 0.3) is 6.08 Å². The van der Waals surface area contributed by atoms with Crippen molar-refractivity contribution < 1.29 is 13.2 Å². The molecule has 0 saturated heterocycles. The molecule has 2 N–H and O–H groups in total. The molecule has 0 spiro atoms. The van der Waals surface area contributed by atoms with Gasteiger partial charge in [-0.3, -0.25) is 14.5 Å². The Labute approximate surface area is 177 Å². The number of nitrogens with one attached hydrogen (secondary N) is 2. The molecule has 1 aliphatic heterocycles. The van der Waals surface area contributed by atoms with Gasteiger partial charge in [0.1, 0.15) is 5.84 Å². The van der Waals surface area contributed by atoms with E-state index in [-0.39, 0.29) is 10.8 Å². The first-order valence-corrected chi connectivity index (χ1v) is 11.9. The first kappa shape index (κ1) is 20.8. The molecule has 0 fully saturated rings. The Balaban J connectivity index is 1.61. The third-order valence-corrected chi connectivity index (χ3v) is 7.04. The van der Waals surface area contributed by atoms with Crippen molar-refractivity contribution >= 4 is 60.8 Å². The smallest absolute Gasteiger partial charge is 0.262 e. The minimum absolute atomic E-state index is 0.136. The third kappa shape index (κ3) is 6.02. The van der Waals surface area contributed by atoms with E-state index in [1.54, 1.807) is 18.2 Å². The molecule has 2 aromatic rings. The largest absolute Gasteiger partial charge is 0.323 e. The third-order valence-electron chi connectivity index (χ3n) is 4.05. The lowest BCUT2D eigenvalue weighted by atomic mass is 10.2. The summed E-state index contributed by atoms with van der Waals surface area (Å²) in [7, 11) is -3.68. The highest BCUT2D eigenvalue weighted by Crippen LogP contribution is 2.23. The Hall–Kier alpha value is -1.97. The van der Waals surface area contributed by atoms with Crippen molar-refractivity contribution in [1.82, 2.24) is 4.72 Å². The number of halogens is 1. The van der Waals surface area contributed by atoms with Crippen LogP contribution in [0.4, 0.5) is 5.69 Å². The van der Waals surface area contributed by atoms with E-state index < -0.39 is 10.0 Å². The maximum Gasteiger partial charge on any atom is 0.262 e. The number of rotatable bonds is 5. The van der Waals surface area contributed by atoms with Crippen LogP contribution < -0.4 is 10.0 Å². The fourth-order valence-corrected chi connectivity index (χ4v) is 5.06. The van der Waals surface area contributed by atoms with Crippen LogP contribution in [0.3, 0.4) is 0 Å². The number of hydrogen-bond donors (Lipinski definition) is 2. The van der Waals surface area contributed by atoms with Gasteiger partial charge in [-0.15, -0.1) is 11.3 Å². The van der Waals surface area contributed by atoms with Crippen molar-refractivity contribution in [2.45, 2.75) is 30.6 Å². The molecule has 9 heteroatoms. The van der Waals surface area contributed by atoms with Gasteiger partial charge in [0.2, 0.25) is 5.91 Å². The van der Waals surface area contributed by atoms with Crippen molar-refractivity contribution in [2.24, 2.45) is 4.99 Å². The predicted molar refractivity (Wildman–Crippen MR) is 117 cm³/mol. The second-order valence-corrected chi connectivity index (χ2v) is 10.4. The summed E-state index contributed by atoms with van der Waals surface area (Å²) in [5.74, 6) is 0.228. The second kappa shape index (κ2) is 9.49. The summed E-state index contributed by atoms with van der Waals surface area (Å²) in [6.45, 7) is 0.652. The summed E-state index contributed by atoms with van der Waals surface area (Å²) in [6.07, 6.45) is 6.78. The van der Waals surface area contributed by atoms with Crippen molar-refractivity contribution in [2.75, 3.05) is 11.9 Å². The predicted octanol–water partition coefficient (Wildman–Crippen LogP) is 4.41. The standard InChI is InChI=1S/C19H20BrN3O3S2/c20-17-11-7-15(27-17)8-12-19(24)22-14-5-9-16(10-6-14)28(25,26)23-18-4-2-1-3-13-21-18/h5-12H,1-4,13H2,(H,21,23)(H,22,24)/b12-8+. The molecular formula is C19H20BrN3O3S2. The Morgan fingerprint density at radius 3 is 2.61 bits per heavy atom. The van der Waals surface area contributed by atoms with E-state index in [0.29, 0.717) is 24.5 Å². The van der Waals surface area contributed by atoms with Gasteiger partial charge in [-0.1, -0.05) is 6.42 Å². The number of carbonyl (C=O) groups excluding carboxylic acids is 1. The van der Waals surface area contributed by atoms with Crippen LogP contribution in [-0.4, -0.2) is 26.7 Å². The van der Waals surface area contributed by atoms with Crippen LogP contribution in [-0.2, 0) is 14.8 Å². The summed E-state index contributed by atoms with van der Waals surface area (Å²) in [5.41, 5.74) is 0.521. The van der Waals surface area contributed by atoms with E-state index in [9.17, 15) is 13.2 Å². The van der Waals surface area contributed by atoms with Gasteiger partial charge in [0.15, 0.2) is 0 Å². The van der Waals surface area contributed by atoms with Crippen molar-refractivity contribution in [3.63, 3.8) is 0 Å². The maximum absolute atomic E-state index is 12.5. The highest BCUT2D eigenvalue weighted by atomic mass is 79.9. The minimum Gasteiger partial charge on any atom is -0.323 e. The van der Waals surface area contributed by atoms with Gasteiger partial charge in [0.05, 0.1) is 8.68 Å². The Bertz CT molecular complexity index is 996. The SMILES string of the molecule is O=C(/C=C/c1ccc(Br)s1)Nc1ccc(S(=O)(=O)NC2=NCCCCC2)cc1. The molecule has 28 heavy (non-hydrogen) atoms. The summed E-state index contributed by atoms with van der Waals surface area (Å²) in [6, 6.07) is 9.89. The highest BCUT2D eigenvalue weighted by Gasteiger charge is 2.17. The molecule has 148 valence electrons. The second-order valence-electron chi connectivity index (χ2n) is 6.23. The van der Waals surface area contributed by atoms with Gasteiger partial charge < -0.3 is 5.32 Å². The summed E-state index contributed by atoms with van der Waals surface area (Å²) >= 11 is 4.90. The lowest BCUT2D eigenvalue weighted by Gasteiger charge is -2.10. The lowest BCUT2D eigenvalue weighted by Crippen LogP contribution is -2.30. The van der Waals surface area contributed by atoms with Gasteiger partial charge >= 0.3 is 0 Å². The number of amidine groups is 1. The average Bonchev–Trinajstić information content (AvgIpc) is 2.91. The van der Waals surface area contributed by atoms with E-state index in [1.807, 2.05) is 12.1 Å². The van der Waals surface area contributed by atoms with Crippen LogP contribution in [0.15, 0.2) is 56.1 Å². The van der Waals surface area contributed by atoms with E-state index in [4.69, 9.17) is 0 Å². The number of aliphatic imine (C=N–C) groups is 1. The zero-order valence-electron chi connectivity index (χ0n) is 15.0. The molecule has 0 bridgehead atoms. The molecule has 0 radical (unpaired) electrons. The normalized spacial score (nSPS) is 15.1. The number of nitrogens with zero attached hydrogens (tertiary/aromatic N) is 1. The summed E-state index contributed by atoms with van der Waals surface area (Å²) in [4.78, 5) is 17.4. The molecular weight excluding hydrogens is 462 g/mol. The fraction of sp³-hybridized carbons (Fsp3) is 0.263. The molecule has 0 unspecified atom stereocenters. The molecule has 0 saturated carbocycles. The number of thiophene rings is 1. The Morgan fingerprint density at radius 2 is 1.89 bits per heavy atom. The number of anilines is 1. The van der Waals surface area contributed by atoms with Crippen molar-refractivity contribution in [3.05, 3.63) is 51.1 Å². The molecule has 1 amide bonds. The number of amides is 1. The molecule has 1 aromatic heterocycles. The van der Waals surface area contributed by atoms with Crippen LogP contribution in [0.2, 0.25) is 0 Å².